The van der Waals surface area contributed by atoms with Gasteiger partial charge in [-0.15, -0.1) is 0 Å². The maximum absolute atomic E-state index is 12.4. The Labute approximate surface area is 83.1 Å². The first-order valence-electron chi connectivity index (χ1n) is 3.81. The number of nitrogens with zero attached hydrogens (tertiary/aromatic N) is 3. The van der Waals surface area contributed by atoms with Gasteiger partial charge in [0, 0.05) is 17.3 Å². The fourth-order valence-corrected chi connectivity index (χ4v) is 1.13. The van der Waals surface area contributed by atoms with Crippen molar-refractivity contribution in [2.75, 3.05) is 0 Å². The standard InChI is InChI=1S/C8H5F2N3O2/c1-4-5(8(9)10)3-12-6(2-11)7(4)13(14)15/h3,8H,1H3. The molecule has 1 aromatic heterocycles. The van der Waals surface area contributed by atoms with Gasteiger partial charge < -0.3 is 0 Å². The Morgan fingerprint density at radius 3 is 2.67 bits per heavy atom. The summed E-state index contributed by atoms with van der Waals surface area (Å²) in [5, 5.41) is 19.1. The van der Waals surface area contributed by atoms with E-state index in [1.165, 1.54) is 13.0 Å². The number of pyridine rings is 1. The van der Waals surface area contributed by atoms with Crippen LogP contribution in [0.25, 0.3) is 0 Å². The van der Waals surface area contributed by atoms with E-state index in [1.807, 2.05) is 0 Å². The third-order valence-electron chi connectivity index (χ3n) is 1.87. The summed E-state index contributed by atoms with van der Waals surface area (Å²) >= 11 is 0. The van der Waals surface area contributed by atoms with Gasteiger partial charge in [0.25, 0.3) is 6.43 Å². The van der Waals surface area contributed by atoms with Gasteiger partial charge in [0.1, 0.15) is 6.07 Å². The fraction of sp³-hybridized carbons (Fsp3) is 0.250. The number of alkyl halides is 2. The second-order valence-electron chi connectivity index (χ2n) is 2.71. The summed E-state index contributed by atoms with van der Waals surface area (Å²) in [6.45, 7) is 1.17. The van der Waals surface area contributed by atoms with E-state index in [2.05, 4.69) is 4.98 Å². The summed E-state index contributed by atoms with van der Waals surface area (Å²) in [6.07, 6.45) is -2.06. The average molecular weight is 213 g/mol. The predicted molar refractivity (Wildman–Crippen MR) is 45.3 cm³/mol. The molecule has 78 valence electrons. The Balaban J connectivity index is 3.51. The largest absolute Gasteiger partial charge is 0.308 e. The lowest BCUT2D eigenvalue weighted by molar-refractivity contribution is -0.386. The highest BCUT2D eigenvalue weighted by molar-refractivity contribution is 5.52. The molecule has 15 heavy (non-hydrogen) atoms. The van der Waals surface area contributed by atoms with Crippen molar-refractivity contribution in [3.05, 3.63) is 33.1 Å². The van der Waals surface area contributed by atoms with E-state index < -0.39 is 28.3 Å². The minimum Gasteiger partial charge on any atom is -0.258 e. The maximum atomic E-state index is 12.4. The molecule has 0 N–H and O–H groups in total. The van der Waals surface area contributed by atoms with Crippen molar-refractivity contribution in [1.82, 2.24) is 4.98 Å². The lowest BCUT2D eigenvalue weighted by atomic mass is 10.1. The highest BCUT2D eigenvalue weighted by Crippen LogP contribution is 2.29. The molecule has 0 aliphatic carbocycles. The Morgan fingerprint density at radius 2 is 2.27 bits per heavy atom. The molecule has 0 saturated carbocycles. The van der Waals surface area contributed by atoms with E-state index in [1.54, 1.807) is 0 Å². The highest BCUT2D eigenvalue weighted by Gasteiger charge is 2.24. The summed E-state index contributed by atoms with van der Waals surface area (Å²) < 4.78 is 24.7. The van der Waals surface area contributed by atoms with Gasteiger partial charge in [-0.3, -0.25) is 10.1 Å². The molecule has 0 unspecified atom stereocenters. The van der Waals surface area contributed by atoms with Gasteiger partial charge >= 0.3 is 5.69 Å². The van der Waals surface area contributed by atoms with Gasteiger partial charge in [-0.1, -0.05) is 0 Å². The van der Waals surface area contributed by atoms with Crippen LogP contribution in [0.1, 0.15) is 23.2 Å². The van der Waals surface area contributed by atoms with Crippen LogP contribution in [0.5, 0.6) is 0 Å². The fourth-order valence-electron chi connectivity index (χ4n) is 1.13. The third-order valence-corrected chi connectivity index (χ3v) is 1.87. The Morgan fingerprint density at radius 1 is 1.67 bits per heavy atom. The maximum Gasteiger partial charge on any atom is 0.308 e. The van der Waals surface area contributed by atoms with Crippen molar-refractivity contribution in [3.63, 3.8) is 0 Å². The van der Waals surface area contributed by atoms with Gasteiger partial charge in [-0.05, 0) is 6.92 Å². The first kappa shape index (κ1) is 11.0. The quantitative estimate of drug-likeness (QED) is 0.556. The summed E-state index contributed by atoms with van der Waals surface area (Å²) in [5.41, 5.74) is -1.86. The molecule has 0 bridgehead atoms. The van der Waals surface area contributed by atoms with Crippen LogP contribution in [-0.2, 0) is 0 Å². The summed E-state index contributed by atoms with van der Waals surface area (Å²) in [6, 6.07) is 1.49. The van der Waals surface area contributed by atoms with Gasteiger partial charge in [-0.2, -0.15) is 5.26 Å². The zero-order valence-corrected chi connectivity index (χ0v) is 7.57. The molecular formula is C8H5F2N3O2. The minimum atomic E-state index is -2.84. The number of nitro groups is 1. The lowest BCUT2D eigenvalue weighted by Gasteiger charge is -2.04. The first-order valence-corrected chi connectivity index (χ1v) is 3.81. The average Bonchev–Trinajstić information content (AvgIpc) is 2.15. The zero-order valence-electron chi connectivity index (χ0n) is 7.57. The number of halogens is 2. The van der Waals surface area contributed by atoms with E-state index in [0.717, 1.165) is 6.20 Å². The molecule has 7 heteroatoms. The molecule has 1 aromatic rings. The molecule has 1 heterocycles. The molecular weight excluding hydrogens is 208 g/mol. The van der Waals surface area contributed by atoms with Crippen LogP contribution in [0, 0.1) is 28.4 Å². The third kappa shape index (κ3) is 1.88. The molecule has 0 spiro atoms. The second kappa shape index (κ2) is 3.96. The first-order chi connectivity index (χ1) is 6.99. The molecule has 1 rings (SSSR count). The molecule has 0 fully saturated rings. The van der Waals surface area contributed by atoms with Gasteiger partial charge in [-0.25, -0.2) is 13.8 Å². The Bertz CT molecular complexity index is 454. The Kier molecular flexibility index (Phi) is 2.90. The van der Waals surface area contributed by atoms with Crippen LogP contribution < -0.4 is 0 Å². The molecule has 0 saturated heterocycles. The van der Waals surface area contributed by atoms with Crippen molar-refractivity contribution >= 4 is 5.69 Å². The van der Waals surface area contributed by atoms with Crippen LogP contribution in [0.3, 0.4) is 0 Å². The monoisotopic (exact) mass is 213 g/mol. The highest BCUT2D eigenvalue weighted by atomic mass is 19.3. The topological polar surface area (TPSA) is 79.8 Å². The van der Waals surface area contributed by atoms with Crippen LogP contribution in [-0.4, -0.2) is 9.91 Å². The molecule has 0 aliphatic heterocycles. The smallest absolute Gasteiger partial charge is 0.258 e. The number of aromatic nitrogens is 1. The van der Waals surface area contributed by atoms with Crippen LogP contribution >= 0.6 is 0 Å². The van der Waals surface area contributed by atoms with Crippen LogP contribution in [0.15, 0.2) is 6.20 Å². The van der Waals surface area contributed by atoms with Crippen LogP contribution in [0.4, 0.5) is 14.5 Å². The van der Waals surface area contributed by atoms with Crippen molar-refractivity contribution in [2.45, 2.75) is 13.3 Å². The van der Waals surface area contributed by atoms with Crippen molar-refractivity contribution in [1.29, 1.82) is 5.26 Å². The van der Waals surface area contributed by atoms with Crippen LogP contribution in [0.2, 0.25) is 0 Å². The number of rotatable bonds is 2. The summed E-state index contributed by atoms with van der Waals surface area (Å²) in [4.78, 5) is 13.0. The van der Waals surface area contributed by atoms with E-state index in [0.29, 0.717) is 0 Å². The molecule has 0 aromatic carbocycles. The zero-order chi connectivity index (χ0) is 11.6. The van der Waals surface area contributed by atoms with E-state index in [9.17, 15) is 18.9 Å². The lowest BCUT2D eigenvalue weighted by Crippen LogP contribution is -2.02. The number of hydrogen-bond acceptors (Lipinski definition) is 4. The van der Waals surface area contributed by atoms with E-state index >= 15 is 0 Å². The molecule has 0 amide bonds. The van der Waals surface area contributed by atoms with Crippen molar-refractivity contribution < 1.29 is 13.7 Å². The molecule has 0 aliphatic rings. The predicted octanol–water partition coefficient (Wildman–Crippen LogP) is 2.11. The SMILES string of the molecule is Cc1c(C(F)F)cnc(C#N)c1[N+](=O)[O-]. The minimum absolute atomic E-state index is 0.221. The van der Waals surface area contributed by atoms with Gasteiger partial charge in [0.15, 0.2) is 0 Å². The second-order valence-corrected chi connectivity index (χ2v) is 2.71. The summed E-state index contributed by atoms with van der Waals surface area (Å²) in [7, 11) is 0. The van der Waals surface area contributed by atoms with Gasteiger partial charge in [0.05, 0.1) is 4.92 Å². The van der Waals surface area contributed by atoms with Crippen molar-refractivity contribution in [2.24, 2.45) is 0 Å². The molecule has 5 nitrogen and oxygen atoms in total. The van der Waals surface area contributed by atoms with E-state index in [-0.39, 0.29) is 5.56 Å². The number of nitriles is 1. The Hall–Kier alpha value is -2.10. The molecule has 0 atom stereocenters. The number of hydrogen-bond donors (Lipinski definition) is 0. The van der Waals surface area contributed by atoms with Gasteiger partial charge in [0.2, 0.25) is 5.69 Å². The molecule has 0 radical (unpaired) electrons. The van der Waals surface area contributed by atoms with Crippen molar-refractivity contribution in [3.8, 4) is 6.07 Å². The summed E-state index contributed by atoms with van der Waals surface area (Å²) in [5.74, 6) is 0. The van der Waals surface area contributed by atoms with E-state index in [4.69, 9.17) is 5.26 Å². The normalized spacial score (nSPS) is 10.1.